The van der Waals surface area contributed by atoms with Crippen molar-refractivity contribution in [2.45, 2.75) is 20.0 Å². The summed E-state index contributed by atoms with van der Waals surface area (Å²) in [5.74, 6) is 1.26. The highest BCUT2D eigenvalue weighted by molar-refractivity contribution is 7.09. The van der Waals surface area contributed by atoms with Crippen molar-refractivity contribution in [1.29, 1.82) is 0 Å². The van der Waals surface area contributed by atoms with E-state index in [2.05, 4.69) is 15.3 Å². The third-order valence-corrected chi connectivity index (χ3v) is 4.72. The van der Waals surface area contributed by atoms with Crippen LogP contribution in [0.25, 0.3) is 0 Å². The van der Waals surface area contributed by atoms with Crippen molar-refractivity contribution < 1.29 is 14.3 Å². The number of carbonyl (C=O) groups is 1. The molecular weight excluding hydrogens is 362 g/mol. The fourth-order valence-electron chi connectivity index (χ4n) is 2.39. The van der Waals surface area contributed by atoms with Crippen molar-refractivity contribution >= 4 is 17.2 Å². The average Bonchev–Trinajstić information content (AvgIpc) is 3.15. The van der Waals surface area contributed by atoms with Gasteiger partial charge in [-0.05, 0) is 37.3 Å². The quantitative estimate of drug-likeness (QED) is 0.645. The molecule has 0 fully saturated rings. The number of amides is 1. The largest absolute Gasteiger partial charge is 0.497 e. The summed E-state index contributed by atoms with van der Waals surface area (Å²) in [5, 5.41) is 5.78. The maximum atomic E-state index is 12.2. The molecule has 27 heavy (non-hydrogen) atoms. The number of carbonyl (C=O) groups excluding carboxylic acids is 1. The van der Waals surface area contributed by atoms with E-state index in [-0.39, 0.29) is 5.91 Å². The third kappa shape index (κ3) is 5.52. The maximum absolute atomic E-state index is 12.2. The van der Waals surface area contributed by atoms with E-state index in [1.54, 1.807) is 42.8 Å². The average molecular weight is 383 g/mol. The predicted octanol–water partition coefficient (Wildman–Crippen LogP) is 3.41. The zero-order valence-corrected chi connectivity index (χ0v) is 16.1. The van der Waals surface area contributed by atoms with E-state index >= 15 is 0 Å². The van der Waals surface area contributed by atoms with Crippen LogP contribution in [-0.2, 0) is 13.0 Å². The van der Waals surface area contributed by atoms with E-state index in [9.17, 15) is 4.79 Å². The van der Waals surface area contributed by atoms with Gasteiger partial charge in [-0.25, -0.2) is 4.98 Å². The van der Waals surface area contributed by atoms with E-state index in [1.807, 2.05) is 30.5 Å². The molecule has 1 amide bonds. The molecule has 0 aliphatic rings. The Morgan fingerprint density at radius 3 is 2.89 bits per heavy atom. The van der Waals surface area contributed by atoms with Gasteiger partial charge in [-0.1, -0.05) is 6.07 Å². The smallest absolute Gasteiger partial charge is 0.251 e. The molecular formula is C20H21N3O3S. The Hall–Kier alpha value is -2.93. The molecule has 0 aliphatic carbocycles. The maximum Gasteiger partial charge on any atom is 0.251 e. The monoisotopic (exact) mass is 383 g/mol. The minimum atomic E-state index is -0.125. The normalized spacial score (nSPS) is 10.4. The standard InChI is InChI=1S/C20H21N3O3S/c1-14-6-7-18(11-22-14)26-12-19-23-16(13-27-19)8-9-21-20(24)15-4-3-5-17(10-15)25-2/h3-7,10-11,13H,8-9,12H2,1-2H3,(H,21,24). The van der Waals surface area contributed by atoms with Crippen LogP contribution >= 0.6 is 11.3 Å². The molecule has 1 N–H and O–H groups in total. The van der Waals surface area contributed by atoms with Crippen LogP contribution in [0, 0.1) is 6.92 Å². The Kier molecular flexibility index (Phi) is 6.38. The Morgan fingerprint density at radius 1 is 1.22 bits per heavy atom. The second-order valence-electron chi connectivity index (χ2n) is 5.89. The lowest BCUT2D eigenvalue weighted by molar-refractivity contribution is 0.0953. The molecule has 6 nitrogen and oxygen atoms in total. The lowest BCUT2D eigenvalue weighted by Gasteiger charge is -2.06. The summed E-state index contributed by atoms with van der Waals surface area (Å²) in [6.45, 7) is 2.86. The summed E-state index contributed by atoms with van der Waals surface area (Å²) < 4.78 is 10.8. The highest BCUT2D eigenvalue weighted by atomic mass is 32.1. The Bertz CT molecular complexity index is 893. The van der Waals surface area contributed by atoms with Gasteiger partial charge in [-0.2, -0.15) is 0 Å². The Labute approximate surface area is 162 Å². The first kappa shape index (κ1) is 18.8. The zero-order valence-electron chi connectivity index (χ0n) is 15.3. The van der Waals surface area contributed by atoms with E-state index in [0.29, 0.717) is 30.9 Å². The van der Waals surface area contributed by atoms with Crippen molar-refractivity contribution in [2.75, 3.05) is 13.7 Å². The molecule has 3 rings (SSSR count). The highest BCUT2D eigenvalue weighted by Gasteiger charge is 2.08. The van der Waals surface area contributed by atoms with E-state index in [4.69, 9.17) is 9.47 Å². The number of ether oxygens (including phenoxy) is 2. The van der Waals surface area contributed by atoms with Crippen LogP contribution < -0.4 is 14.8 Å². The van der Waals surface area contributed by atoms with Crippen LogP contribution in [0.15, 0.2) is 48.0 Å². The van der Waals surface area contributed by atoms with Gasteiger partial charge in [0.15, 0.2) is 0 Å². The Morgan fingerprint density at radius 2 is 2.11 bits per heavy atom. The van der Waals surface area contributed by atoms with Gasteiger partial charge in [-0.15, -0.1) is 11.3 Å². The highest BCUT2D eigenvalue weighted by Crippen LogP contribution is 2.15. The second-order valence-corrected chi connectivity index (χ2v) is 6.84. The van der Waals surface area contributed by atoms with Crippen LogP contribution in [0.1, 0.15) is 26.8 Å². The first-order valence-corrected chi connectivity index (χ1v) is 9.43. The molecule has 0 radical (unpaired) electrons. The van der Waals surface area contributed by atoms with Crippen LogP contribution in [0.5, 0.6) is 11.5 Å². The number of nitrogens with one attached hydrogen (secondary N) is 1. The van der Waals surface area contributed by atoms with Crippen LogP contribution in [0.4, 0.5) is 0 Å². The number of rotatable bonds is 8. The lowest BCUT2D eigenvalue weighted by Crippen LogP contribution is -2.25. The first-order chi connectivity index (χ1) is 13.1. The summed E-state index contributed by atoms with van der Waals surface area (Å²) in [5.41, 5.74) is 2.47. The molecule has 1 aromatic carbocycles. The SMILES string of the molecule is COc1cccc(C(=O)NCCc2csc(COc3ccc(C)nc3)n2)c1. The van der Waals surface area contributed by atoms with E-state index in [1.165, 1.54) is 0 Å². The molecule has 140 valence electrons. The number of nitrogens with zero attached hydrogens (tertiary/aromatic N) is 2. The molecule has 0 saturated carbocycles. The van der Waals surface area contributed by atoms with Gasteiger partial charge >= 0.3 is 0 Å². The molecule has 0 bridgehead atoms. The fraction of sp³-hybridized carbons (Fsp3) is 0.250. The number of hydrogen-bond donors (Lipinski definition) is 1. The van der Waals surface area contributed by atoms with Crippen LogP contribution in [-0.4, -0.2) is 29.5 Å². The van der Waals surface area contributed by atoms with Gasteiger partial charge in [0.1, 0.15) is 23.1 Å². The van der Waals surface area contributed by atoms with Crippen molar-refractivity contribution in [3.8, 4) is 11.5 Å². The van der Waals surface area contributed by atoms with Crippen molar-refractivity contribution in [3.63, 3.8) is 0 Å². The fourth-order valence-corrected chi connectivity index (χ4v) is 3.12. The molecule has 0 saturated heterocycles. The molecule has 0 atom stereocenters. The molecule has 7 heteroatoms. The number of thiazole rings is 1. The summed E-state index contributed by atoms with van der Waals surface area (Å²) >= 11 is 1.55. The lowest BCUT2D eigenvalue weighted by atomic mass is 10.2. The van der Waals surface area contributed by atoms with E-state index in [0.717, 1.165) is 22.1 Å². The van der Waals surface area contributed by atoms with Gasteiger partial charge in [0.25, 0.3) is 5.91 Å². The van der Waals surface area contributed by atoms with Gasteiger partial charge in [0.05, 0.1) is 19.0 Å². The minimum Gasteiger partial charge on any atom is -0.497 e. The Balaban J connectivity index is 1.45. The summed E-state index contributed by atoms with van der Waals surface area (Å²) in [6, 6.07) is 10.9. The molecule has 2 aromatic heterocycles. The van der Waals surface area contributed by atoms with Gasteiger partial charge in [0, 0.05) is 29.6 Å². The van der Waals surface area contributed by atoms with E-state index < -0.39 is 0 Å². The zero-order chi connectivity index (χ0) is 19.1. The van der Waals surface area contributed by atoms with Crippen molar-refractivity contribution in [3.05, 3.63) is 69.9 Å². The molecule has 0 spiro atoms. The molecule has 2 heterocycles. The number of aromatic nitrogens is 2. The summed E-state index contributed by atoms with van der Waals surface area (Å²) in [7, 11) is 1.58. The number of aryl methyl sites for hydroxylation is 1. The van der Waals surface area contributed by atoms with Crippen molar-refractivity contribution in [1.82, 2.24) is 15.3 Å². The second kappa shape index (κ2) is 9.14. The van der Waals surface area contributed by atoms with Crippen molar-refractivity contribution in [2.24, 2.45) is 0 Å². The summed E-state index contributed by atoms with van der Waals surface area (Å²) in [4.78, 5) is 20.9. The predicted molar refractivity (Wildman–Crippen MR) is 104 cm³/mol. The van der Waals surface area contributed by atoms with Gasteiger partial charge in [0.2, 0.25) is 0 Å². The topological polar surface area (TPSA) is 73.3 Å². The number of benzene rings is 1. The van der Waals surface area contributed by atoms with Gasteiger partial charge in [-0.3, -0.25) is 9.78 Å². The number of hydrogen-bond acceptors (Lipinski definition) is 6. The number of methoxy groups -OCH3 is 1. The van der Waals surface area contributed by atoms with Gasteiger partial charge < -0.3 is 14.8 Å². The third-order valence-electron chi connectivity index (χ3n) is 3.84. The molecule has 0 unspecified atom stereocenters. The molecule has 0 aliphatic heterocycles. The number of pyridine rings is 1. The summed E-state index contributed by atoms with van der Waals surface area (Å²) in [6.07, 6.45) is 2.37. The minimum absolute atomic E-state index is 0.125. The first-order valence-electron chi connectivity index (χ1n) is 8.55. The van der Waals surface area contributed by atoms with Crippen LogP contribution in [0.2, 0.25) is 0 Å². The molecule has 3 aromatic rings. The van der Waals surface area contributed by atoms with Crippen LogP contribution in [0.3, 0.4) is 0 Å².